The zero-order valence-corrected chi connectivity index (χ0v) is 22.6. The molecule has 1 heterocycles. The maximum atomic E-state index is 2.45. The van der Waals surface area contributed by atoms with Crippen LogP contribution in [-0.4, -0.2) is 4.57 Å². The van der Waals surface area contributed by atoms with Crippen LogP contribution >= 0.6 is 0 Å². The Kier molecular flexibility index (Phi) is 5.53. The molecule has 0 amide bonds. The SMILES string of the molecule is Cc1cccc(-n2c3cc(-c4ccc(C)cc4C)ccc3c3ccc(-c4c(C)cc(C)cc4C)cc32)c1. The number of hydrogen-bond donors (Lipinski definition) is 0. The molecule has 0 aliphatic rings. The van der Waals surface area contributed by atoms with Gasteiger partial charge in [0.2, 0.25) is 0 Å². The molecular formula is C36H33N. The summed E-state index contributed by atoms with van der Waals surface area (Å²) in [5.41, 5.74) is 16.7. The van der Waals surface area contributed by atoms with Crippen LogP contribution in [0.3, 0.4) is 0 Å². The highest BCUT2D eigenvalue weighted by Gasteiger charge is 2.16. The van der Waals surface area contributed by atoms with Gasteiger partial charge in [-0.2, -0.15) is 0 Å². The molecule has 0 aliphatic heterocycles. The lowest BCUT2D eigenvalue weighted by atomic mass is 9.93. The first kappa shape index (κ1) is 23.3. The van der Waals surface area contributed by atoms with E-state index in [9.17, 15) is 0 Å². The summed E-state index contributed by atoms with van der Waals surface area (Å²) in [6, 6.07) is 34.1. The molecule has 0 saturated carbocycles. The predicted octanol–water partition coefficient (Wildman–Crippen LogP) is 9.97. The molecule has 0 saturated heterocycles. The molecule has 182 valence electrons. The highest BCUT2D eigenvalue weighted by molar-refractivity contribution is 6.11. The molecule has 6 rings (SSSR count). The van der Waals surface area contributed by atoms with Gasteiger partial charge in [0.15, 0.2) is 0 Å². The van der Waals surface area contributed by atoms with Crippen LogP contribution in [0.1, 0.15) is 33.4 Å². The molecule has 6 aromatic rings. The van der Waals surface area contributed by atoms with Gasteiger partial charge in [0.25, 0.3) is 0 Å². The third-order valence-corrected chi connectivity index (χ3v) is 7.69. The third kappa shape index (κ3) is 3.96. The van der Waals surface area contributed by atoms with Gasteiger partial charge in [-0.15, -0.1) is 0 Å². The Bertz CT molecular complexity index is 1810. The number of hydrogen-bond acceptors (Lipinski definition) is 0. The fourth-order valence-electron chi connectivity index (χ4n) is 6.16. The van der Waals surface area contributed by atoms with Gasteiger partial charge in [-0.05, 0) is 110 Å². The lowest BCUT2D eigenvalue weighted by Crippen LogP contribution is -1.96. The van der Waals surface area contributed by atoms with E-state index in [0.29, 0.717) is 0 Å². The van der Waals surface area contributed by atoms with Crippen LogP contribution in [0.4, 0.5) is 0 Å². The second-order valence-electron chi connectivity index (χ2n) is 10.7. The lowest BCUT2D eigenvalue weighted by molar-refractivity contribution is 1.17. The Hall–Kier alpha value is -4.10. The summed E-state index contributed by atoms with van der Waals surface area (Å²) < 4.78 is 2.45. The fraction of sp³-hybridized carbons (Fsp3) is 0.167. The third-order valence-electron chi connectivity index (χ3n) is 7.69. The van der Waals surface area contributed by atoms with Crippen LogP contribution in [0.5, 0.6) is 0 Å². The number of aryl methyl sites for hydroxylation is 6. The number of aromatic nitrogens is 1. The normalized spacial score (nSPS) is 11.5. The van der Waals surface area contributed by atoms with Crippen LogP contribution in [0.15, 0.2) is 91.0 Å². The van der Waals surface area contributed by atoms with Crippen molar-refractivity contribution in [2.75, 3.05) is 0 Å². The highest BCUT2D eigenvalue weighted by Crippen LogP contribution is 2.38. The zero-order valence-electron chi connectivity index (χ0n) is 22.6. The fourth-order valence-corrected chi connectivity index (χ4v) is 6.16. The van der Waals surface area contributed by atoms with Gasteiger partial charge in [0.05, 0.1) is 11.0 Å². The van der Waals surface area contributed by atoms with Crippen LogP contribution < -0.4 is 0 Å². The predicted molar refractivity (Wildman–Crippen MR) is 160 cm³/mol. The smallest absolute Gasteiger partial charge is 0.0547 e. The van der Waals surface area contributed by atoms with Crippen LogP contribution in [0, 0.1) is 41.5 Å². The second-order valence-corrected chi connectivity index (χ2v) is 10.7. The molecule has 0 radical (unpaired) electrons. The number of nitrogens with zero attached hydrogens (tertiary/aromatic N) is 1. The van der Waals surface area contributed by atoms with Gasteiger partial charge in [-0.1, -0.05) is 77.9 Å². The first-order valence-corrected chi connectivity index (χ1v) is 13.1. The van der Waals surface area contributed by atoms with E-state index in [4.69, 9.17) is 0 Å². The summed E-state index contributed by atoms with van der Waals surface area (Å²) in [7, 11) is 0. The Labute approximate surface area is 220 Å². The maximum absolute atomic E-state index is 2.45. The number of fused-ring (bicyclic) bond motifs is 3. The van der Waals surface area contributed by atoms with Gasteiger partial charge in [-0.3, -0.25) is 0 Å². The van der Waals surface area contributed by atoms with Crippen LogP contribution in [0.2, 0.25) is 0 Å². The summed E-state index contributed by atoms with van der Waals surface area (Å²) in [5.74, 6) is 0. The van der Waals surface area contributed by atoms with Gasteiger partial charge < -0.3 is 4.57 Å². The minimum Gasteiger partial charge on any atom is -0.309 e. The largest absolute Gasteiger partial charge is 0.309 e. The van der Waals surface area contributed by atoms with Crippen molar-refractivity contribution in [3.63, 3.8) is 0 Å². The van der Waals surface area contributed by atoms with E-state index in [1.165, 1.54) is 83.1 Å². The highest BCUT2D eigenvalue weighted by atomic mass is 15.0. The Balaban J connectivity index is 1.68. The van der Waals surface area contributed by atoms with Crippen molar-refractivity contribution >= 4 is 21.8 Å². The first-order chi connectivity index (χ1) is 17.8. The molecule has 37 heavy (non-hydrogen) atoms. The molecule has 0 fully saturated rings. The summed E-state index contributed by atoms with van der Waals surface area (Å²) >= 11 is 0. The van der Waals surface area contributed by atoms with Gasteiger partial charge >= 0.3 is 0 Å². The lowest BCUT2D eigenvalue weighted by Gasteiger charge is -2.14. The molecule has 0 spiro atoms. The van der Waals surface area contributed by atoms with E-state index in [1.807, 2.05) is 0 Å². The van der Waals surface area contributed by atoms with Crippen molar-refractivity contribution in [3.8, 4) is 27.9 Å². The topological polar surface area (TPSA) is 4.93 Å². The molecule has 0 unspecified atom stereocenters. The van der Waals surface area contributed by atoms with Crippen LogP contribution in [-0.2, 0) is 0 Å². The van der Waals surface area contributed by atoms with E-state index in [1.54, 1.807) is 0 Å². The van der Waals surface area contributed by atoms with Crippen molar-refractivity contribution in [3.05, 3.63) is 124 Å². The van der Waals surface area contributed by atoms with Crippen LogP contribution in [0.25, 0.3) is 49.7 Å². The Morgan fingerprint density at radius 2 is 1.05 bits per heavy atom. The van der Waals surface area contributed by atoms with E-state index >= 15 is 0 Å². The average Bonchev–Trinajstić information content (AvgIpc) is 3.16. The van der Waals surface area contributed by atoms with Crippen molar-refractivity contribution in [1.82, 2.24) is 4.57 Å². The minimum absolute atomic E-state index is 1.20. The van der Waals surface area contributed by atoms with Crippen molar-refractivity contribution in [2.24, 2.45) is 0 Å². The molecule has 0 atom stereocenters. The molecule has 1 aromatic heterocycles. The Morgan fingerprint density at radius 1 is 0.459 bits per heavy atom. The minimum atomic E-state index is 1.20. The summed E-state index contributed by atoms with van der Waals surface area (Å²) in [6.07, 6.45) is 0. The summed E-state index contributed by atoms with van der Waals surface area (Å²) in [6.45, 7) is 13.2. The molecular weight excluding hydrogens is 446 g/mol. The number of benzene rings is 5. The summed E-state index contributed by atoms with van der Waals surface area (Å²) in [5, 5.41) is 2.57. The summed E-state index contributed by atoms with van der Waals surface area (Å²) in [4.78, 5) is 0. The standard InChI is InChI=1S/C36H33N/c1-22-8-7-9-30(19-22)37-34-20-28(31-13-10-23(2)16-25(31)4)11-14-32(34)33-15-12-29(21-35(33)37)36-26(5)17-24(3)18-27(36)6/h7-21H,1-6H3. The maximum Gasteiger partial charge on any atom is 0.0547 e. The molecule has 1 nitrogen and oxygen atoms in total. The monoisotopic (exact) mass is 479 g/mol. The second kappa shape index (κ2) is 8.78. The molecule has 5 aromatic carbocycles. The average molecular weight is 480 g/mol. The van der Waals surface area contributed by atoms with Gasteiger partial charge in [0, 0.05) is 16.5 Å². The van der Waals surface area contributed by atoms with E-state index in [0.717, 1.165) is 0 Å². The van der Waals surface area contributed by atoms with E-state index < -0.39 is 0 Å². The van der Waals surface area contributed by atoms with E-state index in [-0.39, 0.29) is 0 Å². The van der Waals surface area contributed by atoms with E-state index in [2.05, 4.69) is 137 Å². The van der Waals surface area contributed by atoms with Gasteiger partial charge in [0.1, 0.15) is 0 Å². The molecule has 0 N–H and O–H groups in total. The molecule has 0 bridgehead atoms. The van der Waals surface area contributed by atoms with Crippen molar-refractivity contribution in [1.29, 1.82) is 0 Å². The number of rotatable bonds is 3. The first-order valence-electron chi connectivity index (χ1n) is 13.1. The van der Waals surface area contributed by atoms with Gasteiger partial charge in [-0.25, -0.2) is 0 Å². The Morgan fingerprint density at radius 3 is 1.70 bits per heavy atom. The zero-order chi connectivity index (χ0) is 25.8. The quantitative estimate of drug-likeness (QED) is 0.238. The van der Waals surface area contributed by atoms with Crippen molar-refractivity contribution < 1.29 is 0 Å². The molecule has 0 aliphatic carbocycles. The van der Waals surface area contributed by atoms with Crippen molar-refractivity contribution in [2.45, 2.75) is 41.5 Å². The molecule has 1 heteroatoms.